The molecule has 1 heterocycles. The number of hydrogen-bond donors (Lipinski definition) is 1. The number of nitrogens with one attached hydrogen (secondary N) is 1. The van der Waals surface area contributed by atoms with Crippen molar-refractivity contribution in [2.24, 2.45) is 0 Å². The van der Waals surface area contributed by atoms with E-state index >= 15 is 0 Å². The van der Waals surface area contributed by atoms with Crippen LogP contribution in [0.4, 0.5) is 5.69 Å². The molecule has 2 amide bonds. The van der Waals surface area contributed by atoms with Gasteiger partial charge in [-0.2, -0.15) is 0 Å². The quantitative estimate of drug-likeness (QED) is 0.841. The van der Waals surface area contributed by atoms with Crippen LogP contribution >= 0.6 is 23.2 Å². The Morgan fingerprint density at radius 2 is 1.71 bits per heavy atom. The Hall–Kier alpha value is -2.04. The van der Waals surface area contributed by atoms with Gasteiger partial charge in [0.1, 0.15) is 6.42 Å². The number of rotatable bonds is 3. The number of fused-ring (bicyclic) bond motifs is 1. The minimum Gasteiger partial charge on any atom is -0.338 e. The van der Waals surface area contributed by atoms with Crippen LogP contribution in [0, 0.1) is 0 Å². The smallest absolute Gasteiger partial charge is 0.233 e. The standard InChI is InChI=1S/C18H16Cl2N2O2/c19-14-7-15(20)9-16(8-14)21-17(23)10-18(24)22-6-5-12-3-1-2-4-13(12)11-22/h1-4,7-9H,5-6,10-11H2,(H,21,23). The Morgan fingerprint density at radius 3 is 2.42 bits per heavy atom. The zero-order valence-corrected chi connectivity index (χ0v) is 14.4. The highest BCUT2D eigenvalue weighted by Gasteiger charge is 2.22. The van der Waals surface area contributed by atoms with Crippen LogP contribution in [-0.2, 0) is 22.6 Å². The van der Waals surface area contributed by atoms with E-state index in [-0.39, 0.29) is 18.2 Å². The summed E-state index contributed by atoms with van der Waals surface area (Å²) >= 11 is 11.8. The van der Waals surface area contributed by atoms with E-state index < -0.39 is 0 Å². The summed E-state index contributed by atoms with van der Waals surface area (Å²) in [4.78, 5) is 26.2. The summed E-state index contributed by atoms with van der Waals surface area (Å²) in [5, 5.41) is 3.51. The second-order valence-corrected chi connectivity index (χ2v) is 6.59. The third kappa shape index (κ3) is 4.08. The zero-order valence-electron chi connectivity index (χ0n) is 12.9. The van der Waals surface area contributed by atoms with Crippen LogP contribution in [0.15, 0.2) is 42.5 Å². The third-order valence-electron chi connectivity index (χ3n) is 3.94. The number of carbonyl (C=O) groups excluding carboxylic acids is 2. The largest absolute Gasteiger partial charge is 0.338 e. The van der Waals surface area contributed by atoms with Crippen molar-refractivity contribution in [2.75, 3.05) is 11.9 Å². The molecular weight excluding hydrogens is 347 g/mol. The summed E-state index contributed by atoms with van der Waals surface area (Å²) in [7, 11) is 0. The Morgan fingerprint density at radius 1 is 1.04 bits per heavy atom. The molecule has 2 aromatic rings. The van der Waals surface area contributed by atoms with Crippen molar-refractivity contribution in [2.45, 2.75) is 19.4 Å². The predicted molar refractivity (Wildman–Crippen MR) is 95.3 cm³/mol. The number of benzene rings is 2. The van der Waals surface area contributed by atoms with Crippen LogP contribution in [0.2, 0.25) is 10.0 Å². The Bertz CT molecular complexity index is 772. The van der Waals surface area contributed by atoms with Gasteiger partial charge in [0, 0.05) is 28.8 Å². The lowest BCUT2D eigenvalue weighted by atomic mass is 10.00. The SMILES string of the molecule is O=C(CC(=O)N1CCc2ccccc2C1)Nc1cc(Cl)cc(Cl)c1. The van der Waals surface area contributed by atoms with Gasteiger partial charge in [-0.25, -0.2) is 0 Å². The molecule has 1 aliphatic rings. The van der Waals surface area contributed by atoms with Crippen molar-refractivity contribution in [3.8, 4) is 0 Å². The average Bonchev–Trinajstić information content (AvgIpc) is 2.53. The highest BCUT2D eigenvalue weighted by Crippen LogP contribution is 2.23. The van der Waals surface area contributed by atoms with Gasteiger partial charge in [0.25, 0.3) is 0 Å². The van der Waals surface area contributed by atoms with E-state index in [1.807, 2.05) is 18.2 Å². The minimum atomic E-state index is -0.378. The first-order valence-electron chi connectivity index (χ1n) is 7.62. The third-order valence-corrected chi connectivity index (χ3v) is 4.38. The molecule has 6 heteroatoms. The molecule has 0 saturated heterocycles. The van der Waals surface area contributed by atoms with Gasteiger partial charge in [-0.3, -0.25) is 9.59 Å². The maximum atomic E-state index is 12.4. The average molecular weight is 363 g/mol. The fourth-order valence-electron chi connectivity index (χ4n) is 2.79. The molecule has 1 aliphatic heterocycles. The summed E-state index contributed by atoms with van der Waals surface area (Å²) in [6.45, 7) is 1.18. The number of halogens is 2. The molecule has 3 rings (SSSR count). The first-order valence-corrected chi connectivity index (χ1v) is 8.37. The van der Waals surface area contributed by atoms with E-state index in [1.54, 1.807) is 23.1 Å². The summed E-state index contributed by atoms with van der Waals surface area (Å²) in [5.74, 6) is -0.563. The number of hydrogen-bond acceptors (Lipinski definition) is 2. The fraction of sp³-hybridized carbons (Fsp3) is 0.222. The minimum absolute atomic E-state index is 0.185. The van der Waals surface area contributed by atoms with E-state index in [9.17, 15) is 9.59 Å². The van der Waals surface area contributed by atoms with Crippen LogP contribution in [0.3, 0.4) is 0 Å². The number of carbonyl (C=O) groups is 2. The second-order valence-electron chi connectivity index (χ2n) is 5.72. The second kappa shape index (κ2) is 7.24. The van der Waals surface area contributed by atoms with Crippen LogP contribution in [0.1, 0.15) is 17.5 Å². The molecule has 0 bridgehead atoms. The first-order chi connectivity index (χ1) is 11.5. The van der Waals surface area contributed by atoms with Gasteiger partial charge in [0.2, 0.25) is 11.8 Å². The van der Waals surface area contributed by atoms with Crippen molar-refractivity contribution in [3.63, 3.8) is 0 Å². The summed E-state index contributed by atoms with van der Waals surface area (Å²) in [5.41, 5.74) is 2.88. The number of nitrogens with zero attached hydrogens (tertiary/aromatic N) is 1. The molecule has 4 nitrogen and oxygen atoms in total. The molecular formula is C18H16Cl2N2O2. The van der Waals surface area contributed by atoms with E-state index in [1.165, 1.54) is 5.56 Å². The normalized spacial score (nSPS) is 13.3. The lowest BCUT2D eigenvalue weighted by molar-refractivity contribution is -0.135. The number of amides is 2. The van der Waals surface area contributed by atoms with Gasteiger partial charge in [-0.15, -0.1) is 0 Å². The molecule has 0 fully saturated rings. The van der Waals surface area contributed by atoms with Crippen LogP contribution in [0.5, 0.6) is 0 Å². The lowest BCUT2D eigenvalue weighted by Crippen LogP contribution is -2.37. The number of anilines is 1. The lowest BCUT2D eigenvalue weighted by Gasteiger charge is -2.28. The maximum absolute atomic E-state index is 12.4. The molecule has 0 aliphatic carbocycles. The van der Waals surface area contributed by atoms with Crippen LogP contribution in [-0.4, -0.2) is 23.3 Å². The van der Waals surface area contributed by atoms with E-state index in [0.717, 1.165) is 12.0 Å². The van der Waals surface area contributed by atoms with Gasteiger partial charge < -0.3 is 10.2 Å². The van der Waals surface area contributed by atoms with Crippen LogP contribution in [0.25, 0.3) is 0 Å². The molecule has 2 aromatic carbocycles. The molecule has 0 aromatic heterocycles. The van der Waals surface area contributed by atoms with Gasteiger partial charge >= 0.3 is 0 Å². The van der Waals surface area contributed by atoms with E-state index in [2.05, 4.69) is 11.4 Å². The summed E-state index contributed by atoms with van der Waals surface area (Å²) in [6.07, 6.45) is 0.611. The van der Waals surface area contributed by atoms with Gasteiger partial charge in [0.05, 0.1) is 0 Å². The van der Waals surface area contributed by atoms with Gasteiger partial charge in [-0.1, -0.05) is 47.5 Å². The molecule has 0 spiro atoms. The van der Waals surface area contributed by atoms with Crippen LogP contribution < -0.4 is 5.32 Å². The molecule has 1 N–H and O–H groups in total. The molecule has 124 valence electrons. The maximum Gasteiger partial charge on any atom is 0.233 e. The monoisotopic (exact) mass is 362 g/mol. The summed E-state index contributed by atoms with van der Waals surface area (Å²) < 4.78 is 0. The molecule has 24 heavy (non-hydrogen) atoms. The predicted octanol–water partition coefficient (Wildman–Crippen LogP) is 3.91. The Kier molecular flexibility index (Phi) is 5.07. The zero-order chi connectivity index (χ0) is 17.1. The fourth-order valence-corrected chi connectivity index (χ4v) is 3.31. The van der Waals surface area contributed by atoms with Gasteiger partial charge in [-0.05, 0) is 35.7 Å². The van der Waals surface area contributed by atoms with Crippen molar-refractivity contribution in [1.82, 2.24) is 4.90 Å². The molecule has 0 saturated carbocycles. The Labute approximate surface area is 150 Å². The highest BCUT2D eigenvalue weighted by atomic mass is 35.5. The molecule has 0 atom stereocenters. The molecule has 0 unspecified atom stereocenters. The first kappa shape index (κ1) is 16.8. The summed E-state index contributed by atoms with van der Waals surface area (Å²) in [6, 6.07) is 12.8. The van der Waals surface area contributed by atoms with E-state index in [4.69, 9.17) is 23.2 Å². The van der Waals surface area contributed by atoms with Crippen molar-refractivity contribution < 1.29 is 9.59 Å². The topological polar surface area (TPSA) is 49.4 Å². The van der Waals surface area contributed by atoms with Crippen molar-refractivity contribution in [1.29, 1.82) is 0 Å². The van der Waals surface area contributed by atoms with Crippen molar-refractivity contribution in [3.05, 3.63) is 63.6 Å². The highest BCUT2D eigenvalue weighted by molar-refractivity contribution is 6.35. The Balaban J connectivity index is 1.60. The van der Waals surface area contributed by atoms with Crippen molar-refractivity contribution >= 4 is 40.7 Å². The van der Waals surface area contributed by atoms with Gasteiger partial charge in [0.15, 0.2) is 0 Å². The molecule has 0 radical (unpaired) electrons. The van der Waals surface area contributed by atoms with E-state index in [0.29, 0.717) is 28.8 Å².